The van der Waals surface area contributed by atoms with Gasteiger partial charge in [-0.1, -0.05) is 6.42 Å². The summed E-state index contributed by atoms with van der Waals surface area (Å²) in [5, 5.41) is 3.32. The highest BCUT2D eigenvalue weighted by molar-refractivity contribution is 5.85. The van der Waals surface area contributed by atoms with Crippen molar-refractivity contribution in [2.24, 2.45) is 5.92 Å². The molecule has 2 fully saturated rings. The maximum Gasteiger partial charge on any atom is 0.126 e. The molecular weight excluding hydrogens is 277 g/mol. The van der Waals surface area contributed by atoms with E-state index in [0.717, 1.165) is 43.9 Å². The molecule has 1 N–H and O–H groups in total. The van der Waals surface area contributed by atoms with E-state index in [1.165, 1.54) is 19.3 Å². The van der Waals surface area contributed by atoms with E-state index >= 15 is 0 Å². The molecule has 0 spiro atoms. The van der Waals surface area contributed by atoms with Crippen LogP contribution >= 0.6 is 12.4 Å². The summed E-state index contributed by atoms with van der Waals surface area (Å²) < 4.78 is 19.8. The van der Waals surface area contributed by atoms with Gasteiger partial charge in [0, 0.05) is 0 Å². The van der Waals surface area contributed by atoms with E-state index in [-0.39, 0.29) is 18.2 Å². The summed E-state index contributed by atoms with van der Waals surface area (Å²) in [6, 6.07) is 5.25. The Hall–Kier alpha value is -0.800. The third kappa shape index (κ3) is 3.64. The number of nitrogens with one attached hydrogen (secondary N) is 1. The third-order valence-electron chi connectivity index (χ3n) is 4.46. The standard InChI is InChI=1S/C16H22FNO.ClH/c17-16-5-4-14(19-11-12-2-1-3-12)10-15(16)13-6-8-18-9-7-13;/h4-5,10,12-13,18H,1-3,6-9,11H2;1H. The van der Waals surface area contributed by atoms with E-state index in [0.29, 0.717) is 11.8 Å². The largest absolute Gasteiger partial charge is 0.493 e. The predicted octanol–water partition coefficient (Wildman–Crippen LogP) is 3.89. The highest BCUT2D eigenvalue weighted by atomic mass is 35.5. The van der Waals surface area contributed by atoms with Crippen LogP contribution in [0.15, 0.2) is 18.2 Å². The Morgan fingerprint density at radius 1 is 1.15 bits per heavy atom. The van der Waals surface area contributed by atoms with Gasteiger partial charge in [0.05, 0.1) is 6.61 Å². The fourth-order valence-corrected chi connectivity index (χ4v) is 2.93. The predicted molar refractivity (Wildman–Crippen MR) is 81.3 cm³/mol. The Bertz CT molecular complexity index is 430. The maximum absolute atomic E-state index is 14.0. The van der Waals surface area contributed by atoms with Gasteiger partial charge in [-0.2, -0.15) is 0 Å². The molecule has 0 amide bonds. The minimum absolute atomic E-state index is 0. The first-order chi connectivity index (χ1) is 9.33. The van der Waals surface area contributed by atoms with Crippen LogP contribution in [-0.4, -0.2) is 19.7 Å². The number of halogens is 2. The van der Waals surface area contributed by atoms with Crippen LogP contribution in [-0.2, 0) is 0 Å². The first-order valence-corrected chi connectivity index (χ1v) is 7.46. The third-order valence-corrected chi connectivity index (χ3v) is 4.46. The van der Waals surface area contributed by atoms with Crippen molar-refractivity contribution >= 4 is 12.4 Å². The van der Waals surface area contributed by atoms with Gasteiger partial charge in [0.15, 0.2) is 0 Å². The van der Waals surface area contributed by atoms with E-state index in [1.807, 2.05) is 6.07 Å². The Morgan fingerprint density at radius 3 is 2.55 bits per heavy atom. The molecule has 0 radical (unpaired) electrons. The molecule has 0 atom stereocenters. The second-order valence-corrected chi connectivity index (χ2v) is 5.82. The molecule has 1 saturated carbocycles. The minimum atomic E-state index is -0.0807. The lowest BCUT2D eigenvalue weighted by Crippen LogP contribution is -2.27. The normalized spacial score (nSPS) is 20.1. The number of hydrogen-bond acceptors (Lipinski definition) is 2. The first kappa shape index (κ1) is 15.6. The van der Waals surface area contributed by atoms with E-state index in [9.17, 15) is 4.39 Å². The van der Waals surface area contributed by atoms with Crippen molar-refractivity contribution < 1.29 is 9.13 Å². The molecule has 2 aliphatic rings. The van der Waals surface area contributed by atoms with Crippen molar-refractivity contribution in [2.75, 3.05) is 19.7 Å². The molecule has 1 heterocycles. The van der Waals surface area contributed by atoms with Crippen molar-refractivity contribution in [3.63, 3.8) is 0 Å². The first-order valence-electron chi connectivity index (χ1n) is 7.46. The summed E-state index contributed by atoms with van der Waals surface area (Å²) in [5.41, 5.74) is 0.840. The van der Waals surface area contributed by atoms with Gasteiger partial charge in [0.2, 0.25) is 0 Å². The van der Waals surface area contributed by atoms with Crippen LogP contribution in [0.4, 0.5) is 4.39 Å². The summed E-state index contributed by atoms with van der Waals surface area (Å²) in [6.45, 7) is 2.76. The molecule has 1 aliphatic carbocycles. The van der Waals surface area contributed by atoms with Crippen molar-refractivity contribution in [3.8, 4) is 5.75 Å². The van der Waals surface area contributed by atoms with Crippen LogP contribution < -0.4 is 10.1 Å². The lowest BCUT2D eigenvalue weighted by molar-refractivity contribution is 0.180. The van der Waals surface area contributed by atoms with Gasteiger partial charge in [0.25, 0.3) is 0 Å². The van der Waals surface area contributed by atoms with E-state index < -0.39 is 0 Å². The van der Waals surface area contributed by atoms with Gasteiger partial charge >= 0.3 is 0 Å². The summed E-state index contributed by atoms with van der Waals surface area (Å²) >= 11 is 0. The summed E-state index contributed by atoms with van der Waals surface area (Å²) in [6.07, 6.45) is 5.93. The van der Waals surface area contributed by atoms with Crippen molar-refractivity contribution in [2.45, 2.75) is 38.0 Å². The zero-order chi connectivity index (χ0) is 13.1. The van der Waals surface area contributed by atoms with E-state index in [1.54, 1.807) is 12.1 Å². The quantitative estimate of drug-likeness (QED) is 0.910. The SMILES string of the molecule is Cl.Fc1ccc(OCC2CCC2)cc1C1CCNCC1. The van der Waals surface area contributed by atoms with Crippen molar-refractivity contribution in [1.29, 1.82) is 0 Å². The van der Waals surface area contributed by atoms with Crippen LogP contribution in [0.5, 0.6) is 5.75 Å². The minimum Gasteiger partial charge on any atom is -0.493 e. The molecule has 2 nitrogen and oxygen atoms in total. The van der Waals surface area contributed by atoms with Gasteiger partial charge in [0.1, 0.15) is 11.6 Å². The molecule has 1 aromatic rings. The zero-order valence-electron chi connectivity index (χ0n) is 11.7. The van der Waals surface area contributed by atoms with Crippen LogP contribution in [0.25, 0.3) is 0 Å². The molecule has 4 heteroatoms. The van der Waals surface area contributed by atoms with Gasteiger partial charge < -0.3 is 10.1 Å². The molecule has 0 bridgehead atoms. The Labute approximate surface area is 126 Å². The Morgan fingerprint density at radius 2 is 1.90 bits per heavy atom. The van der Waals surface area contributed by atoms with Gasteiger partial charge in [-0.25, -0.2) is 4.39 Å². The maximum atomic E-state index is 14.0. The summed E-state index contributed by atoms with van der Waals surface area (Å²) in [7, 11) is 0. The smallest absolute Gasteiger partial charge is 0.126 e. The molecule has 1 saturated heterocycles. The molecule has 3 rings (SSSR count). The number of benzene rings is 1. The molecule has 1 aromatic carbocycles. The highest BCUT2D eigenvalue weighted by Gasteiger charge is 2.21. The van der Waals surface area contributed by atoms with Crippen LogP contribution in [0.3, 0.4) is 0 Å². The van der Waals surface area contributed by atoms with E-state index in [2.05, 4.69) is 5.32 Å². The van der Waals surface area contributed by atoms with Crippen LogP contribution in [0.1, 0.15) is 43.6 Å². The fourth-order valence-electron chi connectivity index (χ4n) is 2.93. The topological polar surface area (TPSA) is 21.3 Å². The molecule has 0 aromatic heterocycles. The van der Waals surface area contributed by atoms with Gasteiger partial charge in [-0.3, -0.25) is 0 Å². The van der Waals surface area contributed by atoms with Gasteiger partial charge in [-0.15, -0.1) is 12.4 Å². The Balaban J connectivity index is 0.00000147. The zero-order valence-corrected chi connectivity index (χ0v) is 12.6. The molecular formula is C16H23ClFNO. The van der Waals surface area contributed by atoms with Crippen molar-refractivity contribution in [3.05, 3.63) is 29.6 Å². The van der Waals surface area contributed by atoms with Crippen molar-refractivity contribution in [1.82, 2.24) is 5.32 Å². The summed E-state index contributed by atoms with van der Waals surface area (Å²) in [5.74, 6) is 1.81. The second-order valence-electron chi connectivity index (χ2n) is 5.82. The Kier molecular flexibility index (Phi) is 5.67. The number of ether oxygens (including phenoxy) is 1. The van der Waals surface area contributed by atoms with Crippen LogP contribution in [0, 0.1) is 11.7 Å². The highest BCUT2D eigenvalue weighted by Crippen LogP contribution is 2.31. The van der Waals surface area contributed by atoms with Gasteiger partial charge in [-0.05, 0) is 74.4 Å². The number of hydrogen-bond donors (Lipinski definition) is 1. The average molecular weight is 300 g/mol. The number of piperidine rings is 1. The molecule has 1 aliphatic heterocycles. The lowest BCUT2D eigenvalue weighted by atomic mass is 9.86. The second kappa shape index (κ2) is 7.28. The van der Waals surface area contributed by atoms with E-state index in [4.69, 9.17) is 4.74 Å². The summed E-state index contributed by atoms with van der Waals surface area (Å²) in [4.78, 5) is 0. The molecule has 0 unspecified atom stereocenters. The number of rotatable bonds is 4. The molecule has 20 heavy (non-hydrogen) atoms. The molecule has 112 valence electrons. The monoisotopic (exact) mass is 299 g/mol. The average Bonchev–Trinajstić information content (AvgIpc) is 2.40. The van der Waals surface area contributed by atoms with Crippen LogP contribution in [0.2, 0.25) is 0 Å². The fraction of sp³-hybridized carbons (Fsp3) is 0.625. The lowest BCUT2D eigenvalue weighted by Gasteiger charge is -2.26.